The van der Waals surface area contributed by atoms with Crippen LogP contribution in [0, 0.1) is 0 Å². The molecule has 0 amide bonds. The van der Waals surface area contributed by atoms with Crippen molar-refractivity contribution in [3.63, 3.8) is 0 Å². The maximum Gasteiger partial charge on any atom is 0.306 e. The van der Waals surface area contributed by atoms with Crippen LogP contribution in [0.5, 0.6) is 0 Å². The van der Waals surface area contributed by atoms with Crippen LogP contribution in [0.25, 0.3) is 0 Å². The van der Waals surface area contributed by atoms with Gasteiger partial charge in [-0.3, -0.25) is 9.59 Å². The van der Waals surface area contributed by atoms with Crippen molar-refractivity contribution < 1.29 is 42.9 Å². The van der Waals surface area contributed by atoms with Crippen molar-refractivity contribution in [2.45, 2.75) is 399 Å². The van der Waals surface area contributed by atoms with Crippen LogP contribution in [0.1, 0.15) is 386 Å². The molecule has 0 saturated heterocycles. The lowest BCUT2D eigenvalue weighted by atomic mass is 10.0. The molecule has 0 radical (unpaired) electrons. The molecule has 0 aliphatic heterocycles. The number of carboxylic acid groups (broad SMARTS) is 1. The number of unbranched alkanes of at least 4 members (excludes halogenated alkanes) is 51. The van der Waals surface area contributed by atoms with Crippen LogP contribution in [-0.2, 0) is 33.3 Å². The molecule has 0 saturated carbocycles. The van der Waals surface area contributed by atoms with Crippen molar-refractivity contribution in [1.29, 1.82) is 0 Å². The van der Waals surface area contributed by atoms with Crippen LogP contribution in [0.2, 0.25) is 0 Å². The van der Waals surface area contributed by atoms with Crippen LogP contribution in [0.4, 0.5) is 0 Å². The highest BCUT2D eigenvalue weighted by molar-refractivity contribution is 5.70. The Morgan fingerprint density at radius 2 is 0.621 bits per heavy atom. The first kappa shape index (κ1) is 84.5. The standard InChI is InChI=1S/C78H147NO8/c1-6-8-10-12-14-16-18-20-22-24-26-28-30-32-34-35-36-37-38-39-40-41-43-45-47-49-51-53-55-57-59-61-63-65-67-69-76(81)87-74(73-86-78(77(82)83)84-71-70-79(3,4)5)72-85-75(80)68-66-64-62-60-58-56-54-52-50-48-46-44-42-33-31-29-27-25-23-21-19-17-15-13-11-9-7-2/h18,20,24-27,74,78H,6-17,19,21-23,28-73H2,1-5H3/b20-18-,26-24-,27-25-. The van der Waals surface area contributed by atoms with Gasteiger partial charge >= 0.3 is 11.9 Å². The Balaban J connectivity index is 4.00. The molecule has 0 rings (SSSR count). The van der Waals surface area contributed by atoms with Crippen LogP contribution in [0.3, 0.4) is 0 Å². The normalized spacial score (nSPS) is 12.8. The molecule has 2 unspecified atom stereocenters. The van der Waals surface area contributed by atoms with E-state index in [1.54, 1.807) is 0 Å². The van der Waals surface area contributed by atoms with Gasteiger partial charge in [0, 0.05) is 12.8 Å². The third-order valence-corrected chi connectivity index (χ3v) is 17.4. The molecule has 0 heterocycles. The van der Waals surface area contributed by atoms with Crippen LogP contribution in [0.15, 0.2) is 36.5 Å². The van der Waals surface area contributed by atoms with Gasteiger partial charge in [0.25, 0.3) is 0 Å². The highest BCUT2D eigenvalue weighted by Gasteiger charge is 2.22. The second-order valence-electron chi connectivity index (χ2n) is 27.3. The molecule has 0 aromatic carbocycles. The Bertz CT molecular complexity index is 1520. The fourth-order valence-corrected chi connectivity index (χ4v) is 11.5. The Morgan fingerprint density at radius 3 is 0.920 bits per heavy atom. The highest BCUT2D eigenvalue weighted by atomic mass is 16.7. The number of carbonyl (C=O) groups is 3. The first-order valence-electron chi connectivity index (χ1n) is 38.1. The predicted molar refractivity (Wildman–Crippen MR) is 371 cm³/mol. The average Bonchev–Trinajstić information content (AvgIpc) is 3.56. The maximum absolute atomic E-state index is 13.0. The molecule has 0 spiro atoms. The van der Waals surface area contributed by atoms with Gasteiger partial charge in [-0.25, -0.2) is 0 Å². The molecule has 9 nitrogen and oxygen atoms in total. The summed E-state index contributed by atoms with van der Waals surface area (Å²) in [6, 6.07) is 0. The number of rotatable bonds is 72. The number of nitrogens with zero attached hydrogens (tertiary/aromatic N) is 1. The second-order valence-corrected chi connectivity index (χ2v) is 27.3. The third kappa shape index (κ3) is 70.8. The number of carboxylic acids is 1. The van der Waals surface area contributed by atoms with E-state index in [4.69, 9.17) is 18.9 Å². The number of likely N-dealkylation sites (N-methyl/N-ethyl adjacent to an activating group) is 1. The lowest BCUT2D eigenvalue weighted by Gasteiger charge is -2.26. The van der Waals surface area contributed by atoms with Gasteiger partial charge in [-0.1, -0.05) is 339 Å². The van der Waals surface area contributed by atoms with E-state index in [0.717, 1.165) is 44.9 Å². The van der Waals surface area contributed by atoms with E-state index in [9.17, 15) is 19.5 Å². The van der Waals surface area contributed by atoms with Gasteiger partial charge in [-0.2, -0.15) is 0 Å². The minimum absolute atomic E-state index is 0.151. The molecule has 2 atom stereocenters. The fraction of sp³-hybridized carbons (Fsp3) is 0.885. The Kier molecular flexibility index (Phi) is 67.4. The quantitative estimate of drug-likeness (QED) is 0.0195. The second kappa shape index (κ2) is 69.4. The zero-order valence-electron chi connectivity index (χ0n) is 58.7. The van der Waals surface area contributed by atoms with Crippen molar-refractivity contribution in [2.75, 3.05) is 47.5 Å². The first-order chi connectivity index (χ1) is 42.6. The monoisotopic (exact) mass is 1230 g/mol. The molecule has 0 aliphatic carbocycles. The minimum Gasteiger partial charge on any atom is -0.545 e. The Hall–Kier alpha value is -2.49. The van der Waals surface area contributed by atoms with Gasteiger partial charge in [-0.05, 0) is 70.6 Å². The zero-order valence-corrected chi connectivity index (χ0v) is 58.7. The number of hydrogen-bond donors (Lipinski definition) is 0. The number of quaternary nitrogens is 1. The van der Waals surface area contributed by atoms with Crippen LogP contribution >= 0.6 is 0 Å². The number of hydrogen-bond acceptors (Lipinski definition) is 8. The maximum atomic E-state index is 13.0. The summed E-state index contributed by atoms with van der Waals surface area (Å²) in [5.41, 5.74) is 0. The van der Waals surface area contributed by atoms with Crippen molar-refractivity contribution in [2.24, 2.45) is 0 Å². The number of aliphatic carboxylic acids is 1. The summed E-state index contributed by atoms with van der Waals surface area (Å²) in [5.74, 6) is -2.25. The van der Waals surface area contributed by atoms with Crippen LogP contribution < -0.4 is 5.11 Å². The molecule has 0 N–H and O–H groups in total. The van der Waals surface area contributed by atoms with Gasteiger partial charge in [0.1, 0.15) is 13.2 Å². The molecule has 0 aromatic rings. The average molecular weight is 1230 g/mol. The zero-order chi connectivity index (χ0) is 63.3. The van der Waals surface area contributed by atoms with Gasteiger partial charge in [0.05, 0.1) is 40.3 Å². The summed E-state index contributed by atoms with van der Waals surface area (Å²) >= 11 is 0. The summed E-state index contributed by atoms with van der Waals surface area (Å²) < 4.78 is 22.9. The Morgan fingerprint density at radius 1 is 0.345 bits per heavy atom. The number of ether oxygens (including phenoxy) is 4. The van der Waals surface area contributed by atoms with E-state index in [2.05, 4.69) is 50.3 Å². The number of allylic oxidation sites excluding steroid dienone is 6. The number of carbonyl (C=O) groups excluding carboxylic acids is 3. The molecule has 0 fully saturated rings. The van der Waals surface area contributed by atoms with Gasteiger partial charge in [0.2, 0.25) is 0 Å². The topological polar surface area (TPSA) is 111 Å². The largest absolute Gasteiger partial charge is 0.545 e. The van der Waals surface area contributed by atoms with E-state index in [1.165, 1.54) is 315 Å². The van der Waals surface area contributed by atoms with E-state index in [-0.39, 0.29) is 32.2 Å². The summed E-state index contributed by atoms with van der Waals surface area (Å²) in [5, 5.41) is 11.8. The van der Waals surface area contributed by atoms with Crippen molar-refractivity contribution >= 4 is 17.9 Å². The minimum atomic E-state index is -1.62. The first-order valence-corrected chi connectivity index (χ1v) is 38.1. The fourth-order valence-electron chi connectivity index (χ4n) is 11.5. The van der Waals surface area contributed by atoms with E-state index in [0.29, 0.717) is 17.4 Å². The molecular weight excluding hydrogens is 1080 g/mol. The third-order valence-electron chi connectivity index (χ3n) is 17.4. The highest BCUT2D eigenvalue weighted by Crippen LogP contribution is 2.19. The number of esters is 2. The van der Waals surface area contributed by atoms with Gasteiger partial charge in [-0.15, -0.1) is 0 Å². The summed E-state index contributed by atoms with van der Waals surface area (Å²) in [6.07, 6.45) is 85.4. The van der Waals surface area contributed by atoms with Crippen LogP contribution in [-0.4, -0.2) is 82.3 Å². The van der Waals surface area contributed by atoms with Crippen molar-refractivity contribution in [1.82, 2.24) is 0 Å². The van der Waals surface area contributed by atoms with E-state index >= 15 is 0 Å². The van der Waals surface area contributed by atoms with Gasteiger partial charge in [0.15, 0.2) is 12.4 Å². The summed E-state index contributed by atoms with van der Waals surface area (Å²) in [4.78, 5) is 37.5. The van der Waals surface area contributed by atoms with E-state index < -0.39 is 24.3 Å². The summed E-state index contributed by atoms with van der Waals surface area (Å²) in [6.45, 7) is 4.81. The molecular formula is C78H147NO8. The molecule has 9 heteroatoms. The van der Waals surface area contributed by atoms with E-state index in [1.807, 2.05) is 21.1 Å². The summed E-state index contributed by atoms with van der Waals surface area (Å²) in [7, 11) is 5.95. The molecule has 0 aliphatic rings. The van der Waals surface area contributed by atoms with Crippen molar-refractivity contribution in [3.8, 4) is 0 Å². The molecule has 0 bridgehead atoms. The lowest BCUT2D eigenvalue weighted by Crippen LogP contribution is -2.44. The predicted octanol–water partition coefficient (Wildman–Crippen LogP) is 22.6. The lowest BCUT2D eigenvalue weighted by molar-refractivity contribution is -0.870. The molecule has 0 aromatic heterocycles. The smallest absolute Gasteiger partial charge is 0.306 e. The molecule has 87 heavy (non-hydrogen) atoms. The molecule has 512 valence electrons. The SMILES string of the molecule is CCCCCCC/C=C\C/C=C\CCCCCCCCCCCCCCCCCCCCCCCCCC(=O)OC(COC(=O)CCCCCCCCCCCCCCCCC/C=C\CCCCCCCCCC)COC(OCC[N+](C)(C)C)C(=O)[O-]. The Labute approximate surface area is 540 Å². The van der Waals surface area contributed by atoms with Gasteiger partial charge < -0.3 is 33.3 Å². The van der Waals surface area contributed by atoms with Crippen molar-refractivity contribution in [3.05, 3.63) is 36.5 Å².